The van der Waals surface area contributed by atoms with E-state index < -0.39 is 5.91 Å². The minimum absolute atomic E-state index is 0.0613. The molecule has 1 N–H and O–H groups in total. The predicted octanol–water partition coefficient (Wildman–Crippen LogP) is 7.24. The SMILES string of the molecule is COc1cc(/C=C(\C#N)C(=O)Nc2ccc(C)cc2)cc(Cl)c1OCc1c(C)ccc2ccccc12. The van der Waals surface area contributed by atoms with E-state index in [1.807, 2.05) is 44.2 Å². The second kappa shape index (κ2) is 11.0. The Kier molecular flexibility index (Phi) is 7.58. The Morgan fingerprint density at radius 1 is 1.06 bits per heavy atom. The smallest absolute Gasteiger partial charge is 0.266 e. The average molecular weight is 497 g/mol. The molecule has 1 amide bonds. The number of hydrogen-bond acceptors (Lipinski definition) is 4. The Morgan fingerprint density at radius 3 is 2.53 bits per heavy atom. The highest BCUT2D eigenvalue weighted by atomic mass is 35.5. The van der Waals surface area contributed by atoms with Crippen LogP contribution in [0.1, 0.15) is 22.3 Å². The number of hydrogen-bond donors (Lipinski definition) is 1. The lowest BCUT2D eigenvalue weighted by molar-refractivity contribution is -0.112. The average Bonchev–Trinajstić information content (AvgIpc) is 2.88. The third-order valence-corrected chi connectivity index (χ3v) is 6.15. The molecule has 5 nitrogen and oxygen atoms in total. The molecule has 4 aromatic rings. The molecule has 4 aromatic carbocycles. The molecule has 0 saturated carbocycles. The summed E-state index contributed by atoms with van der Waals surface area (Å²) >= 11 is 6.57. The van der Waals surface area contributed by atoms with Gasteiger partial charge in [0.1, 0.15) is 18.2 Å². The van der Waals surface area contributed by atoms with Crippen LogP contribution in [0.5, 0.6) is 11.5 Å². The fourth-order valence-electron chi connectivity index (χ4n) is 3.89. The summed E-state index contributed by atoms with van der Waals surface area (Å²) in [6.45, 7) is 4.31. The zero-order valence-electron chi connectivity index (χ0n) is 20.3. The van der Waals surface area contributed by atoms with Crippen molar-refractivity contribution in [3.63, 3.8) is 0 Å². The van der Waals surface area contributed by atoms with Gasteiger partial charge in [0.25, 0.3) is 5.91 Å². The quantitative estimate of drug-likeness (QED) is 0.216. The van der Waals surface area contributed by atoms with Gasteiger partial charge in [-0.15, -0.1) is 0 Å². The minimum atomic E-state index is -0.511. The lowest BCUT2D eigenvalue weighted by Gasteiger charge is -2.16. The monoisotopic (exact) mass is 496 g/mol. The highest BCUT2D eigenvalue weighted by Crippen LogP contribution is 2.38. The van der Waals surface area contributed by atoms with Gasteiger partial charge in [-0.3, -0.25) is 4.79 Å². The molecule has 0 heterocycles. The van der Waals surface area contributed by atoms with Gasteiger partial charge in [-0.2, -0.15) is 5.26 Å². The predicted molar refractivity (Wildman–Crippen MR) is 144 cm³/mol. The van der Waals surface area contributed by atoms with Crippen LogP contribution in [-0.2, 0) is 11.4 Å². The van der Waals surface area contributed by atoms with Crippen molar-refractivity contribution in [2.24, 2.45) is 0 Å². The van der Waals surface area contributed by atoms with Gasteiger partial charge in [0.2, 0.25) is 0 Å². The molecule has 180 valence electrons. The number of carbonyl (C=O) groups is 1. The second-order valence-electron chi connectivity index (χ2n) is 8.39. The zero-order valence-corrected chi connectivity index (χ0v) is 21.0. The summed E-state index contributed by atoms with van der Waals surface area (Å²) in [5.41, 5.74) is 4.34. The number of anilines is 1. The van der Waals surface area contributed by atoms with Gasteiger partial charge < -0.3 is 14.8 Å². The molecule has 6 heteroatoms. The molecular formula is C30H25ClN2O3. The maximum Gasteiger partial charge on any atom is 0.266 e. The standard InChI is InChI=1S/C30H25ClN2O3/c1-19-8-12-24(13-9-19)33-30(34)23(17-32)14-21-15-27(31)29(28(16-21)35-3)36-18-26-20(2)10-11-22-6-4-5-7-25(22)26/h4-16H,18H2,1-3H3,(H,33,34)/b23-14+. The highest BCUT2D eigenvalue weighted by molar-refractivity contribution is 6.32. The van der Waals surface area contributed by atoms with E-state index in [0.717, 1.165) is 27.5 Å². The number of nitrogens with one attached hydrogen (secondary N) is 1. The van der Waals surface area contributed by atoms with Crippen molar-refractivity contribution in [1.82, 2.24) is 0 Å². The first-order valence-electron chi connectivity index (χ1n) is 11.4. The molecule has 0 aliphatic heterocycles. The third kappa shape index (κ3) is 5.51. The van der Waals surface area contributed by atoms with Crippen LogP contribution < -0.4 is 14.8 Å². The first-order chi connectivity index (χ1) is 17.4. The number of rotatable bonds is 7. The fourth-order valence-corrected chi connectivity index (χ4v) is 4.17. The molecule has 0 saturated heterocycles. The molecule has 0 fully saturated rings. The van der Waals surface area contributed by atoms with Crippen LogP contribution in [-0.4, -0.2) is 13.0 Å². The van der Waals surface area contributed by atoms with E-state index >= 15 is 0 Å². The maximum absolute atomic E-state index is 12.6. The number of benzene rings is 4. The lowest BCUT2D eigenvalue weighted by atomic mass is 10.0. The molecule has 0 bridgehead atoms. The molecule has 0 atom stereocenters. The van der Waals surface area contributed by atoms with Gasteiger partial charge in [0, 0.05) is 11.3 Å². The summed E-state index contributed by atoms with van der Waals surface area (Å²) < 4.78 is 11.7. The second-order valence-corrected chi connectivity index (χ2v) is 8.80. The van der Waals surface area contributed by atoms with Gasteiger partial charge in [0.15, 0.2) is 11.5 Å². The molecule has 0 aliphatic carbocycles. The summed E-state index contributed by atoms with van der Waals surface area (Å²) in [6, 6.07) is 24.9. The van der Waals surface area contributed by atoms with Crippen molar-refractivity contribution < 1.29 is 14.3 Å². The molecule has 0 radical (unpaired) electrons. The Morgan fingerprint density at radius 2 is 1.81 bits per heavy atom. The van der Waals surface area contributed by atoms with Crippen LogP contribution in [0.15, 0.2) is 78.4 Å². The molecule has 0 aromatic heterocycles. The van der Waals surface area contributed by atoms with Crippen molar-refractivity contribution in [3.05, 3.63) is 106 Å². The largest absolute Gasteiger partial charge is 0.493 e. The highest BCUT2D eigenvalue weighted by Gasteiger charge is 2.16. The maximum atomic E-state index is 12.6. The summed E-state index contributed by atoms with van der Waals surface area (Å²) in [4.78, 5) is 12.6. The lowest BCUT2D eigenvalue weighted by Crippen LogP contribution is -2.13. The van der Waals surface area contributed by atoms with Gasteiger partial charge in [0.05, 0.1) is 12.1 Å². The molecular weight excluding hydrogens is 472 g/mol. The first-order valence-corrected chi connectivity index (χ1v) is 11.7. The van der Waals surface area contributed by atoms with E-state index in [9.17, 15) is 10.1 Å². The summed E-state index contributed by atoms with van der Waals surface area (Å²) in [7, 11) is 1.52. The molecule has 36 heavy (non-hydrogen) atoms. The van der Waals surface area contributed by atoms with Gasteiger partial charge in [-0.05, 0) is 66.1 Å². The number of halogens is 1. The molecule has 0 spiro atoms. The fraction of sp³-hybridized carbons (Fsp3) is 0.133. The van der Waals surface area contributed by atoms with Crippen molar-refractivity contribution >= 4 is 40.0 Å². The summed E-state index contributed by atoms with van der Waals surface area (Å²) in [5, 5.41) is 14.9. The van der Waals surface area contributed by atoms with Crippen LogP contribution in [0.25, 0.3) is 16.8 Å². The van der Waals surface area contributed by atoms with E-state index in [0.29, 0.717) is 34.4 Å². The zero-order chi connectivity index (χ0) is 25.7. The third-order valence-electron chi connectivity index (χ3n) is 5.87. The number of nitriles is 1. The normalized spacial score (nSPS) is 11.1. The Balaban J connectivity index is 1.58. The first kappa shape index (κ1) is 24.8. The number of aryl methyl sites for hydroxylation is 2. The molecule has 0 unspecified atom stereocenters. The van der Waals surface area contributed by atoms with Crippen molar-refractivity contribution in [1.29, 1.82) is 5.26 Å². The van der Waals surface area contributed by atoms with Crippen LogP contribution in [0.4, 0.5) is 5.69 Å². The summed E-state index contributed by atoms with van der Waals surface area (Å²) in [5.74, 6) is 0.289. The van der Waals surface area contributed by atoms with Crippen LogP contribution in [0, 0.1) is 25.2 Å². The van der Waals surface area contributed by atoms with Crippen molar-refractivity contribution in [3.8, 4) is 17.6 Å². The van der Waals surface area contributed by atoms with E-state index in [-0.39, 0.29) is 5.57 Å². The van der Waals surface area contributed by atoms with Gasteiger partial charge >= 0.3 is 0 Å². The molecule has 0 aliphatic rings. The molecule has 4 rings (SSSR count). The van der Waals surface area contributed by atoms with E-state index in [1.54, 1.807) is 24.3 Å². The van der Waals surface area contributed by atoms with E-state index in [4.69, 9.17) is 21.1 Å². The number of methoxy groups -OCH3 is 1. The Bertz CT molecular complexity index is 1500. The van der Waals surface area contributed by atoms with E-state index in [2.05, 4.69) is 29.6 Å². The number of carbonyl (C=O) groups excluding carboxylic acids is 1. The van der Waals surface area contributed by atoms with E-state index in [1.165, 1.54) is 13.2 Å². The van der Waals surface area contributed by atoms with Crippen molar-refractivity contribution in [2.75, 3.05) is 12.4 Å². The van der Waals surface area contributed by atoms with Crippen molar-refractivity contribution in [2.45, 2.75) is 20.5 Å². The van der Waals surface area contributed by atoms with Crippen LogP contribution >= 0.6 is 11.6 Å². The summed E-state index contributed by atoms with van der Waals surface area (Å²) in [6.07, 6.45) is 1.47. The Hall–Kier alpha value is -4.27. The van der Waals surface area contributed by atoms with Gasteiger partial charge in [-0.1, -0.05) is 65.7 Å². The number of fused-ring (bicyclic) bond motifs is 1. The number of amides is 1. The number of ether oxygens (including phenoxy) is 2. The Labute approximate surface area is 215 Å². The van der Waals surface area contributed by atoms with Crippen LogP contribution in [0.2, 0.25) is 5.02 Å². The van der Waals surface area contributed by atoms with Crippen LogP contribution in [0.3, 0.4) is 0 Å². The van der Waals surface area contributed by atoms with Gasteiger partial charge in [-0.25, -0.2) is 0 Å². The topological polar surface area (TPSA) is 71.3 Å². The number of nitrogens with zero attached hydrogens (tertiary/aromatic N) is 1. The minimum Gasteiger partial charge on any atom is -0.493 e.